The molecule has 3 amide bonds. The number of fused-ring (bicyclic) bond motifs is 1. The van der Waals surface area contributed by atoms with Crippen LogP contribution in [0.1, 0.15) is 47.4 Å². The highest BCUT2D eigenvalue weighted by molar-refractivity contribution is 6.21. The van der Waals surface area contributed by atoms with Gasteiger partial charge in [-0.1, -0.05) is 19.1 Å². The number of ether oxygens (including phenoxy) is 3. The van der Waals surface area contributed by atoms with Crippen molar-refractivity contribution >= 4 is 17.7 Å². The molecular weight excluding hydrogens is 376 g/mol. The number of imide groups is 1. The van der Waals surface area contributed by atoms with Crippen LogP contribution >= 0.6 is 0 Å². The van der Waals surface area contributed by atoms with Crippen LogP contribution in [0.3, 0.4) is 0 Å². The van der Waals surface area contributed by atoms with E-state index in [1.165, 1.54) is 4.90 Å². The van der Waals surface area contributed by atoms with Crippen molar-refractivity contribution in [3.05, 3.63) is 35.4 Å². The SMILES string of the molecule is CCOCC(CC)(COC)NC(=O)CCOCCN1C(=O)c2ccccc2C1=O. The van der Waals surface area contributed by atoms with Crippen LogP contribution in [0.2, 0.25) is 0 Å². The molecule has 0 spiro atoms. The molecule has 1 aromatic rings. The number of carbonyl (C=O) groups is 3. The lowest BCUT2D eigenvalue weighted by Gasteiger charge is -2.33. The summed E-state index contributed by atoms with van der Waals surface area (Å²) < 4.78 is 16.2. The Morgan fingerprint density at radius 2 is 1.69 bits per heavy atom. The van der Waals surface area contributed by atoms with Crippen LogP contribution in [0.15, 0.2) is 24.3 Å². The zero-order valence-corrected chi connectivity index (χ0v) is 17.4. The van der Waals surface area contributed by atoms with Gasteiger partial charge in [-0.3, -0.25) is 19.3 Å². The van der Waals surface area contributed by atoms with Crippen molar-refractivity contribution in [2.24, 2.45) is 0 Å². The van der Waals surface area contributed by atoms with Crippen molar-refractivity contribution in [3.63, 3.8) is 0 Å². The van der Waals surface area contributed by atoms with Gasteiger partial charge in [-0.2, -0.15) is 0 Å². The van der Waals surface area contributed by atoms with Crippen LogP contribution in [0.4, 0.5) is 0 Å². The van der Waals surface area contributed by atoms with Gasteiger partial charge in [0.2, 0.25) is 5.91 Å². The summed E-state index contributed by atoms with van der Waals surface area (Å²) in [5, 5.41) is 2.99. The summed E-state index contributed by atoms with van der Waals surface area (Å²) in [7, 11) is 1.59. The summed E-state index contributed by atoms with van der Waals surface area (Å²) in [6.07, 6.45) is 0.840. The zero-order valence-electron chi connectivity index (χ0n) is 17.4. The Kier molecular flexibility index (Phi) is 8.75. The van der Waals surface area contributed by atoms with Crippen molar-refractivity contribution in [2.45, 2.75) is 32.2 Å². The number of hydrogen-bond acceptors (Lipinski definition) is 6. The van der Waals surface area contributed by atoms with E-state index in [-0.39, 0.29) is 43.9 Å². The molecule has 0 saturated heterocycles. The smallest absolute Gasteiger partial charge is 0.261 e. The third kappa shape index (κ3) is 5.85. The highest BCUT2D eigenvalue weighted by Crippen LogP contribution is 2.21. The maximum atomic E-state index is 12.3. The summed E-state index contributed by atoms with van der Waals surface area (Å²) in [5.74, 6) is -0.783. The Morgan fingerprint density at radius 3 is 2.24 bits per heavy atom. The fourth-order valence-electron chi connectivity index (χ4n) is 3.20. The van der Waals surface area contributed by atoms with Crippen molar-refractivity contribution in [2.75, 3.05) is 46.7 Å². The minimum absolute atomic E-state index is 0.154. The molecule has 0 aromatic heterocycles. The van der Waals surface area contributed by atoms with Crippen molar-refractivity contribution in [3.8, 4) is 0 Å². The molecule has 1 aliphatic heterocycles. The third-order valence-corrected chi connectivity index (χ3v) is 4.90. The van der Waals surface area contributed by atoms with Gasteiger partial charge in [-0.05, 0) is 25.5 Å². The molecule has 8 nitrogen and oxygen atoms in total. The number of amides is 3. The summed E-state index contributed by atoms with van der Waals surface area (Å²) in [6.45, 7) is 5.68. The molecule has 0 saturated carbocycles. The molecular formula is C21H30N2O6. The molecule has 29 heavy (non-hydrogen) atoms. The van der Waals surface area contributed by atoms with Crippen LogP contribution in [-0.4, -0.2) is 74.8 Å². The highest BCUT2D eigenvalue weighted by Gasteiger charge is 2.34. The lowest BCUT2D eigenvalue weighted by atomic mass is 9.98. The number of rotatable bonds is 13. The van der Waals surface area contributed by atoms with E-state index in [0.29, 0.717) is 37.4 Å². The van der Waals surface area contributed by atoms with E-state index in [1.807, 2.05) is 13.8 Å². The van der Waals surface area contributed by atoms with Gasteiger partial charge in [0.25, 0.3) is 11.8 Å². The number of benzene rings is 1. The van der Waals surface area contributed by atoms with E-state index in [4.69, 9.17) is 14.2 Å². The molecule has 0 aliphatic carbocycles. The Morgan fingerprint density at radius 1 is 1.03 bits per heavy atom. The van der Waals surface area contributed by atoms with Crippen LogP contribution in [0.5, 0.6) is 0 Å². The van der Waals surface area contributed by atoms with Gasteiger partial charge >= 0.3 is 0 Å². The lowest BCUT2D eigenvalue weighted by molar-refractivity contribution is -0.126. The first-order valence-corrected chi connectivity index (χ1v) is 9.88. The first-order chi connectivity index (χ1) is 14.0. The van der Waals surface area contributed by atoms with Gasteiger partial charge in [0.15, 0.2) is 0 Å². The average Bonchev–Trinajstić information content (AvgIpc) is 2.97. The van der Waals surface area contributed by atoms with E-state index >= 15 is 0 Å². The minimum Gasteiger partial charge on any atom is -0.382 e. The van der Waals surface area contributed by atoms with Crippen molar-refractivity contribution < 1.29 is 28.6 Å². The summed E-state index contributed by atoms with van der Waals surface area (Å²) in [4.78, 5) is 38.0. The Labute approximate surface area is 171 Å². The van der Waals surface area contributed by atoms with Gasteiger partial charge in [-0.25, -0.2) is 0 Å². The number of carbonyl (C=O) groups excluding carboxylic acids is 3. The van der Waals surface area contributed by atoms with Gasteiger partial charge in [-0.15, -0.1) is 0 Å². The average molecular weight is 406 g/mol. The maximum Gasteiger partial charge on any atom is 0.261 e. The van der Waals surface area contributed by atoms with Gasteiger partial charge in [0.1, 0.15) is 0 Å². The zero-order chi connectivity index (χ0) is 21.3. The first kappa shape index (κ1) is 23.0. The van der Waals surface area contributed by atoms with Gasteiger partial charge in [0.05, 0.1) is 49.6 Å². The molecule has 8 heteroatoms. The van der Waals surface area contributed by atoms with Gasteiger partial charge in [0, 0.05) is 20.1 Å². The molecule has 160 valence electrons. The minimum atomic E-state index is -0.567. The molecule has 1 aliphatic rings. The maximum absolute atomic E-state index is 12.3. The molecule has 1 N–H and O–H groups in total. The molecule has 0 fully saturated rings. The van der Waals surface area contributed by atoms with Crippen molar-refractivity contribution in [1.29, 1.82) is 0 Å². The monoisotopic (exact) mass is 406 g/mol. The largest absolute Gasteiger partial charge is 0.382 e. The molecule has 1 heterocycles. The van der Waals surface area contributed by atoms with Crippen LogP contribution < -0.4 is 5.32 Å². The molecule has 1 atom stereocenters. The van der Waals surface area contributed by atoms with Crippen LogP contribution in [-0.2, 0) is 19.0 Å². The summed E-state index contributed by atoms with van der Waals surface area (Å²) >= 11 is 0. The fourth-order valence-corrected chi connectivity index (χ4v) is 3.20. The van der Waals surface area contributed by atoms with E-state index in [1.54, 1.807) is 31.4 Å². The second kappa shape index (κ2) is 11.0. The fraction of sp³-hybridized carbons (Fsp3) is 0.571. The molecule has 2 rings (SSSR count). The highest BCUT2D eigenvalue weighted by atomic mass is 16.5. The Balaban J connectivity index is 1.74. The Bertz CT molecular complexity index is 688. The second-order valence-corrected chi connectivity index (χ2v) is 6.92. The summed E-state index contributed by atoms with van der Waals surface area (Å²) in [5.41, 5.74) is 0.266. The molecule has 1 aromatic carbocycles. The van der Waals surface area contributed by atoms with Crippen LogP contribution in [0, 0.1) is 0 Å². The number of nitrogens with one attached hydrogen (secondary N) is 1. The number of methoxy groups -OCH3 is 1. The normalized spacial score (nSPS) is 15.3. The van der Waals surface area contributed by atoms with Crippen molar-refractivity contribution in [1.82, 2.24) is 10.2 Å². The van der Waals surface area contributed by atoms with Crippen LogP contribution in [0.25, 0.3) is 0 Å². The van der Waals surface area contributed by atoms with E-state index in [2.05, 4.69) is 5.32 Å². The topological polar surface area (TPSA) is 94.2 Å². The van der Waals surface area contributed by atoms with E-state index < -0.39 is 5.54 Å². The van der Waals surface area contributed by atoms with E-state index in [9.17, 15) is 14.4 Å². The standard InChI is InChI=1S/C21H30N2O6/c1-4-21(14-27-3,15-28-5-2)22-18(24)10-12-29-13-11-23-19(25)16-8-6-7-9-17(16)20(23)26/h6-9H,4-5,10-15H2,1-3H3,(H,22,24). The number of hydrogen-bond donors (Lipinski definition) is 1. The quantitative estimate of drug-likeness (QED) is 0.395. The molecule has 0 radical (unpaired) electrons. The molecule has 0 bridgehead atoms. The predicted molar refractivity (Wildman–Crippen MR) is 107 cm³/mol. The first-order valence-electron chi connectivity index (χ1n) is 9.88. The Hall–Kier alpha value is -2.29. The van der Waals surface area contributed by atoms with E-state index in [0.717, 1.165) is 0 Å². The third-order valence-electron chi connectivity index (χ3n) is 4.90. The van der Waals surface area contributed by atoms with Gasteiger partial charge < -0.3 is 19.5 Å². The number of nitrogens with zero attached hydrogens (tertiary/aromatic N) is 1. The summed E-state index contributed by atoms with van der Waals surface area (Å²) in [6, 6.07) is 6.74. The predicted octanol–water partition coefficient (Wildman–Crippen LogP) is 1.64. The second-order valence-electron chi connectivity index (χ2n) is 6.92. The molecule has 1 unspecified atom stereocenters. The lowest BCUT2D eigenvalue weighted by Crippen LogP contribution is -2.55.